The molecule has 1 saturated heterocycles. The molecule has 0 aromatic heterocycles. The van der Waals surface area contributed by atoms with E-state index in [1.807, 2.05) is 0 Å². The fourth-order valence-electron chi connectivity index (χ4n) is 3.41. The molecular weight excluding hydrogens is 316 g/mol. The highest BCUT2D eigenvalue weighted by Crippen LogP contribution is 2.22. The average Bonchev–Trinajstić information content (AvgIpc) is 2.63. The SMILES string of the molecule is CCCCC(CC)COC1[C@@H](O)COC[C@H]1OCC(CC)CCCC. The van der Waals surface area contributed by atoms with E-state index in [0.29, 0.717) is 31.7 Å². The van der Waals surface area contributed by atoms with Gasteiger partial charge in [-0.05, 0) is 24.7 Å². The number of aliphatic hydroxyl groups is 1. The molecule has 1 aliphatic rings. The summed E-state index contributed by atoms with van der Waals surface area (Å²) in [6, 6.07) is 0. The van der Waals surface area contributed by atoms with Gasteiger partial charge >= 0.3 is 0 Å². The van der Waals surface area contributed by atoms with Gasteiger partial charge in [0.2, 0.25) is 0 Å². The summed E-state index contributed by atoms with van der Waals surface area (Å²) in [7, 11) is 0. The van der Waals surface area contributed by atoms with Crippen LogP contribution in [0, 0.1) is 11.8 Å². The zero-order chi connectivity index (χ0) is 18.5. The average molecular weight is 359 g/mol. The second-order valence-corrected chi connectivity index (χ2v) is 7.61. The van der Waals surface area contributed by atoms with Gasteiger partial charge in [-0.2, -0.15) is 0 Å². The first-order chi connectivity index (χ1) is 12.2. The molecule has 0 radical (unpaired) electrons. The van der Waals surface area contributed by atoms with E-state index in [1.54, 1.807) is 0 Å². The van der Waals surface area contributed by atoms with Crippen LogP contribution in [0.5, 0.6) is 0 Å². The van der Waals surface area contributed by atoms with Crippen LogP contribution in [0.4, 0.5) is 0 Å². The number of unbranched alkanes of at least 4 members (excludes halogenated alkanes) is 2. The molecule has 150 valence electrons. The highest BCUT2D eigenvalue weighted by Gasteiger charge is 2.35. The smallest absolute Gasteiger partial charge is 0.114 e. The van der Waals surface area contributed by atoms with Crippen molar-refractivity contribution in [2.24, 2.45) is 11.8 Å². The third-order valence-electron chi connectivity index (χ3n) is 5.47. The molecule has 25 heavy (non-hydrogen) atoms. The van der Waals surface area contributed by atoms with Crippen LogP contribution >= 0.6 is 0 Å². The number of hydrogen-bond donors (Lipinski definition) is 1. The van der Waals surface area contributed by atoms with Crippen molar-refractivity contribution in [3.05, 3.63) is 0 Å². The second-order valence-electron chi connectivity index (χ2n) is 7.61. The van der Waals surface area contributed by atoms with Crippen molar-refractivity contribution >= 4 is 0 Å². The van der Waals surface area contributed by atoms with Crippen molar-refractivity contribution < 1.29 is 19.3 Å². The lowest BCUT2D eigenvalue weighted by atomic mass is 9.99. The molecule has 0 aromatic rings. The van der Waals surface area contributed by atoms with Crippen molar-refractivity contribution in [1.82, 2.24) is 0 Å². The minimum atomic E-state index is -0.585. The molecule has 4 nitrogen and oxygen atoms in total. The van der Waals surface area contributed by atoms with E-state index < -0.39 is 6.10 Å². The summed E-state index contributed by atoms with van der Waals surface area (Å²) < 4.78 is 17.8. The summed E-state index contributed by atoms with van der Waals surface area (Å²) in [6.45, 7) is 11.2. The molecule has 0 aromatic carbocycles. The Morgan fingerprint density at radius 2 is 1.44 bits per heavy atom. The quantitative estimate of drug-likeness (QED) is 0.494. The summed E-state index contributed by atoms with van der Waals surface area (Å²) in [5, 5.41) is 10.3. The molecule has 3 unspecified atom stereocenters. The minimum absolute atomic E-state index is 0.150. The highest BCUT2D eigenvalue weighted by molar-refractivity contribution is 4.83. The zero-order valence-corrected chi connectivity index (χ0v) is 17.0. The van der Waals surface area contributed by atoms with Crippen LogP contribution in [0.25, 0.3) is 0 Å². The Kier molecular flexibility index (Phi) is 12.8. The Morgan fingerprint density at radius 1 is 0.880 bits per heavy atom. The molecule has 1 N–H and O–H groups in total. The third kappa shape index (κ3) is 8.85. The van der Waals surface area contributed by atoms with Gasteiger partial charge in [0, 0.05) is 0 Å². The van der Waals surface area contributed by atoms with Crippen LogP contribution in [0.1, 0.15) is 79.1 Å². The monoisotopic (exact) mass is 358 g/mol. The van der Waals surface area contributed by atoms with E-state index in [9.17, 15) is 5.11 Å². The molecule has 1 fully saturated rings. The lowest BCUT2D eigenvalue weighted by Crippen LogP contribution is -2.51. The first kappa shape index (κ1) is 22.9. The molecule has 0 bridgehead atoms. The van der Waals surface area contributed by atoms with Crippen LogP contribution < -0.4 is 0 Å². The molecule has 0 saturated carbocycles. The van der Waals surface area contributed by atoms with Gasteiger partial charge in [-0.15, -0.1) is 0 Å². The van der Waals surface area contributed by atoms with E-state index in [1.165, 1.54) is 38.5 Å². The number of rotatable bonds is 14. The van der Waals surface area contributed by atoms with Gasteiger partial charge in [0.25, 0.3) is 0 Å². The maximum atomic E-state index is 10.3. The van der Waals surface area contributed by atoms with Gasteiger partial charge in [-0.1, -0.05) is 66.2 Å². The molecule has 1 aliphatic heterocycles. The summed E-state index contributed by atoms with van der Waals surface area (Å²) in [5.74, 6) is 1.16. The van der Waals surface area contributed by atoms with Crippen LogP contribution in [-0.2, 0) is 14.2 Å². The van der Waals surface area contributed by atoms with E-state index in [-0.39, 0.29) is 12.2 Å². The van der Waals surface area contributed by atoms with E-state index >= 15 is 0 Å². The highest BCUT2D eigenvalue weighted by atomic mass is 16.6. The van der Waals surface area contributed by atoms with Crippen LogP contribution in [0.3, 0.4) is 0 Å². The van der Waals surface area contributed by atoms with Crippen LogP contribution in [-0.4, -0.2) is 49.8 Å². The first-order valence-electron chi connectivity index (χ1n) is 10.6. The van der Waals surface area contributed by atoms with Gasteiger partial charge in [-0.25, -0.2) is 0 Å². The maximum absolute atomic E-state index is 10.3. The van der Waals surface area contributed by atoms with Crippen molar-refractivity contribution in [3.8, 4) is 0 Å². The predicted molar refractivity (Wildman–Crippen MR) is 103 cm³/mol. The van der Waals surface area contributed by atoms with Crippen molar-refractivity contribution in [2.75, 3.05) is 26.4 Å². The Balaban J connectivity index is 2.48. The summed E-state index contributed by atoms with van der Waals surface area (Å²) in [4.78, 5) is 0. The standard InChI is InChI=1S/C21H42O4/c1-5-9-11-17(7-3)13-24-20-16-23-15-19(22)21(20)25-14-18(8-4)12-10-6-2/h17-22H,5-16H2,1-4H3/t17?,18?,19-,20+,21?/m0/s1. The number of ether oxygens (including phenoxy) is 3. The zero-order valence-electron chi connectivity index (χ0n) is 17.0. The molecule has 4 heteroatoms. The largest absolute Gasteiger partial charge is 0.388 e. The second kappa shape index (κ2) is 14.0. The normalized spacial score (nSPS) is 26.5. The van der Waals surface area contributed by atoms with E-state index in [2.05, 4.69) is 27.7 Å². The molecule has 0 amide bonds. The van der Waals surface area contributed by atoms with Gasteiger partial charge in [0.15, 0.2) is 0 Å². The molecule has 0 aliphatic carbocycles. The Bertz CT molecular complexity index is 310. The fraction of sp³-hybridized carbons (Fsp3) is 1.00. The van der Waals surface area contributed by atoms with E-state index in [0.717, 1.165) is 19.4 Å². The molecule has 0 spiro atoms. The van der Waals surface area contributed by atoms with Gasteiger partial charge in [0.05, 0.1) is 26.4 Å². The molecule has 1 rings (SSSR count). The fourth-order valence-corrected chi connectivity index (χ4v) is 3.41. The summed E-state index contributed by atoms with van der Waals surface area (Å²) >= 11 is 0. The minimum Gasteiger partial charge on any atom is -0.388 e. The lowest BCUT2D eigenvalue weighted by Gasteiger charge is -2.36. The predicted octanol–water partition coefficient (Wildman–Crippen LogP) is 4.58. The Morgan fingerprint density at radius 3 is 1.96 bits per heavy atom. The molecule has 1 heterocycles. The van der Waals surface area contributed by atoms with Crippen molar-refractivity contribution in [1.29, 1.82) is 0 Å². The van der Waals surface area contributed by atoms with Crippen molar-refractivity contribution in [2.45, 2.75) is 97.4 Å². The topological polar surface area (TPSA) is 47.9 Å². The van der Waals surface area contributed by atoms with Crippen LogP contribution in [0.2, 0.25) is 0 Å². The first-order valence-corrected chi connectivity index (χ1v) is 10.6. The van der Waals surface area contributed by atoms with Gasteiger partial charge in [0.1, 0.15) is 18.3 Å². The molecular formula is C21H42O4. The molecule has 5 atom stereocenters. The third-order valence-corrected chi connectivity index (χ3v) is 5.47. The lowest BCUT2D eigenvalue weighted by molar-refractivity contribution is -0.196. The van der Waals surface area contributed by atoms with Gasteiger partial charge in [-0.3, -0.25) is 0 Å². The number of hydrogen-bond acceptors (Lipinski definition) is 4. The van der Waals surface area contributed by atoms with Gasteiger partial charge < -0.3 is 19.3 Å². The van der Waals surface area contributed by atoms with E-state index in [4.69, 9.17) is 14.2 Å². The van der Waals surface area contributed by atoms with Crippen molar-refractivity contribution in [3.63, 3.8) is 0 Å². The Hall–Kier alpha value is -0.160. The Labute approximate surface area is 155 Å². The van der Waals surface area contributed by atoms with Crippen LogP contribution in [0.15, 0.2) is 0 Å². The summed E-state index contributed by atoms with van der Waals surface area (Å²) in [6.07, 6.45) is 8.62. The summed E-state index contributed by atoms with van der Waals surface area (Å²) in [5.41, 5.74) is 0. The maximum Gasteiger partial charge on any atom is 0.114 e. The number of aliphatic hydroxyl groups excluding tert-OH is 1.